The molecule has 9 nitrogen and oxygen atoms in total. The van der Waals surface area contributed by atoms with E-state index in [2.05, 4.69) is 27.7 Å². The van der Waals surface area contributed by atoms with Crippen molar-refractivity contribution >= 4 is 50.7 Å². The number of nitrogens with zero attached hydrogens (tertiary/aromatic N) is 2. The van der Waals surface area contributed by atoms with E-state index in [9.17, 15) is 18.0 Å². The molecule has 3 aromatic rings. The molecule has 3 aromatic carbocycles. The van der Waals surface area contributed by atoms with E-state index < -0.39 is 16.2 Å². The fraction of sp³-hybridized carbons (Fsp3) is 0.355. The third kappa shape index (κ3) is 8.95. The summed E-state index contributed by atoms with van der Waals surface area (Å²) in [6.07, 6.45) is 2.42. The lowest BCUT2D eigenvalue weighted by Crippen LogP contribution is -2.50. The number of piperazine rings is 1. The first kappa shape index (κ1) is 31.3. The van der Waals surface area contributed by atoms with Crippen LogP contribution in [0.15, 0.2) is 66.7 Å². The van der Waals surface area contributed by atoms with Crippen molar-refractivity contribution in [2.45, 2.75) is 39.2 Å². The molecule has 0 saturated carbocycles. The molecule has 1 aliphatic rings. The van der Waals surface area contributed by atoms with E-state index in [1.54, 1.807) is 30.9 Å². The van der Waals surface area contributed by atoms with Crippen molar-refractivity contribution in [3.05, 3.63) is 88.4 Å². The zero-order valence-corrected chi connectivity index (χ0v) is 25.7. The number of carbonyl (C=O) groups is 2. The summed E-state index contributed by atoms with van der Waals surface area (Å²) in [6, 6.07) is 21.0. The molecular formula is C31H37ClN4O5S. The van der Waals surface area contributed by atoms with Gasteiger partial charge in [-0.15, -0.1) is 0 Å². The Morgan fingerprint density at radius 1 is 0.976 bits per heavy atom. The van der Waals surface area contributed by atoms with Gasteiger partial charge in [0, 0.05) is 44.0 Å². The lowest BCUT2D eigenvalue weighted by molar-refractivity contribution is -0.116. The average Bonchev–Trinajstić information content (AvgIpc) is 2.95. The number of aryl methyl sites for hydroxylation is 2. The zero-order valence-electron chi connectivity index (χ0n) is 24.1. The van der Waals surface area contributed by atoms with Gasteiger partial charge >= 0.3 is 6.03 Å². The summed E-state index contributed by atoms with van der Waals surface area (Å²) >= 11 is 6.46. The molecule has 1 heterocycles. The molecule has 0 aliphatic carbocycles. The molecule has 0 spiro atoms. The van der Waals surface area contributed by atoms with Crippen molar-refractivity contribution in [3.63, 3.8) is 0 Å². The van der Waals surface area contributed by atoms with Gasteiger partial charge in [0.2, 0.25) is 5.91 Å². The third-order valence-electron chi connectivity index (χ3n) is 7.13. The average molecular weight is 613 g/mol. The quantitative estimate of drug-likeness (QED) is 0.272. The van der Waals surface area contributed by atoms with E-state index in [1.165, 1.54) is 5.56 Å². The van der Waals surface area contributed by atoms with Crippen LogP contribution in [0, 0.1) is 6.92 Å². The summed E-state index contributed by atoms with van der Waals surface area (Å²) in [6.45, 7) is 5.79. The number of anilines is 3. The first-order valence-corrected chi connectivity index (χ1v) is 16.1. The van der Waals surface area contributed by atoms with Crippen molar-refractivity contribution in [2.24, 2.45) is 0 Å². The van der Waals surface area contributed by atoms with Crippen LogP contribution in [0.5, 0.6) is 0 Å². The van der Waals surface area contributed by atoms with Crippen LogP contribution in [-0.2, 0) is 25.5 Å². The highest BCUT2D eigenvalue weighted by Crippen LogP contribution is 2.32. The Kier molecular flexibility index (Phi) is 10.5. The largest absolute Gasteiger partial charge is 0.368 e. The molecule has 1 unspecified atom stereocenters. The van der Waals surface area contributed by atoms with Crippen LogP contribution >= 0.6 is 11.6 Å². The summed E-state index contributed by atoms with van der Waals surface area (Å²) in [5.74, 6) is 0.0000347. The summed E-state index contributed by atoms with van der Waals surface area (Å²) in [7, 11) is -3.62. The number of hydrogen-bond donors (Lipinski definition) is 2. The Bertz CT molecular complexity index is 1470. The third-order valence-corrected chi connectivity index (χ3v) is 8.06. The van der Waals surface area contributed by atoms with Gasteiger partial charge < -0.3 is 20.4 Å². The molecule has 42 heavy (non-hydrogen) atoms. The molecule has 0 aromatic heterocycles. The monoisotopic (exact) mass is 612 g/mol. The van der Waals surface area contributed by atoms with Gasteiger partial charge in [-0.1, -0.05) is 48.0 Å². The molecule has 1 atom stereocenters. The predicted octanol–water partition coefficient (Wildman–Crippen LogP) is 6.00. The van der Waals surface area contributed by atoms with Gasteiger partial charge in [0.15, 0.2) is 0 Å². The fourth-order valence-corrected chi connectivity index (χ4v) is 5.87. The van der Waals surface area contributed by atoms with Gasteiger partial charge in [0.25, 0.3) is 10.1 Å². The number of hydrogen-bond acceptors (Lipinski definition) is 6. The van der Waals surface area contributed by atoms with Crippen LogP contribution < -0.4 is 15.5 Å². The number of carbonyl (C=O) groups excluding carboxylic acids is 2. The molecule has 2 N–H and O–H groups in total. The first-order chi connectivity index (χ1) is 20.0. The first-order valence-electron chi connectivity index (χ1n) is 13.9. The number of amides is 3. The highest BCUT2D eigenvalue weighted by atomic mass is 35.5. The number of nitrogens with one attached hydrogen (secondary N) is 2. The van der Waals surface area contributed by atoms with Crippen LogP contribution in [0.3, 0.4) is 0 Å². The Morgan fingerprint density at radius 2 is 1.64 bits per heavy atom. The van der Waals surface area contributed by atoms with E-state index in [1.807, 2.05) is 42.5 Å². The zero-order chi connectivity index (χ0) is 30.3. The van der Waals surface area contributed by atoms with E-state index in [0.29, 0.717) is 54.4 Å². The van der Waals surface area contributed by atoms with Gasteiger partial charge in [-0.3, -0.25) is 8.98 Å². The van der Waals surface area contributed by atoms with E-state index in [-0.39, 0.29) is 11.9 Å². The molecular weight excluding hydrogens is 576 g/mol. The normalized spacial score (nSPS) is 14.4. The maximum absolute atomic E-state index is 13.0. The minimum absolute atomic E-state index is 0.0000347. The molecule has 1 aliphatic heterocycles. The number of rotatable bonds is 10. The van der Waals surface area contributed by atoms with Gasteiger partial charge in [-0.25, -0.2) is 4.79 Å². The van der Waals surface area contributed by atoms with Crippen molar-refractivity contribution in [1.29, 1.82) is 0 Å². The molecule has 0 bridgehead atoms. The Hall–Kier alpha value is -3.60. The lowest BCUT2D eigenvalue weighted by Gasteiger charge is -2.36. The molecule has 0 radical (unpaired) electrons. The number of urea groups is 1. The van der Waals surface area contributed by atoms with Crippen molar-refractivity contribution < 1.29 is 22.2 Å². The van der Waals surface area contributed by atoms with Gasteiger partial charge in [0.05, 0.1) is 23.1 Å². The summed E-state index contributed by atoms with van der Waals surface area (Å²) in [5.41, 5.74) is 4.81. The topological polar surface area (TPSA) is 108 Å². The fourth-order valence-electron chi connectivity index (χ4n) is 4.91. The maximum atomic E-state index is 13.0. The summed E-state index contributed by atoms with van der Waals surface area (Å²) < 4.78 is 28.0. The predicted molar refractivity (Wildman–Crippen MR) is 168 cm³/mol. The highest BCUT2D eigenvalue weighted by Gasteiger charge is 2.23. The van der Waals surface area contributed by atoms with E-state index in [0.717, 1.165) is 30.5 Å². The van der Waals surface area contributed by atoms with Gasteiger partial charge in [-0.2, -0.15) is 8.42 Å². The minimum atomic E-state index is -3.62. The molecule has 1 fully saturated rings. The Morgan fingerprint density at radius 3 is 2.26 bits per heavy atom. The Labute approximate surface area is 252 Å². The lowest BCUT2D eigenvalue weighted by atomic mass is 10.1. The maximum Gasteiger partial charge on any atom is 0.322 e. The van der Waals surface area contributed by atoms with Gasteiger partial charge in [-0.05, 0) is 73.7 Å². The van der Waals surface area contributed by atoms with E-state index in [4.69, 9.17) is 15.8 Å². The molecule has 11 heteroatoms. The Balaban J connectivity index is 1.24. The van der Waals surface area contributed by atoms with Crippen molar-refractivity contribution in [3.8, 4) is 0 Å². The number of benzene rings is 3. The van der Waals surface area contributed by atoms with Crippen molar-refractivity contribution in [1.82, 2.24) is 4.90 Å². The second kappa shape index (κ2) is 14.0. The second-order valence-corrected chi connectivity index (χ2v) is 12.5. The minimum Gasteiger partial charge on any atom is -0.368 e. The van der Waals surface area contributed by atoms with Crippen LogP contribution in [0.2, 0.25) is 5.02 Å². The number of halogens is 1. The molecule has 4 rings (SSSR count). The molecule has 1 saturated heterocycles. The standard InChI is InChI=1S/C31H37ClN4O5S/c1-22-20-25(23(2)41-42(3,39)40)21-28(32)30(22)34-31(38)36-18-16-35(17-19-36)27-14-12-26(13-15-27)33-29(37)11-7-10-24-8-5-4-6-9-24/h4-6,8-9,12-15,20-21,23H,7,10-11,16-19H2,1-3H3,(H,33,37)(H,34,38). The van der Waals surface area contributed by atoms with Crippen LogP contribution in [0.1, 0.15) is 42.6 Å². The summed E-state index contributed by atoms with van der Waals surface area (Å²) in [4.78, 5) is 29.3. The second-order valence-electron chi connectivity index (χ2n) is 10.5. The van der Waals surface area contributed by atoms with Gasteiger partial charge in [0.1, 0.15) is 0 Å². The SMILES string of the molecule is Cc1cc(C(C)OS(C)(=O)=O)cc(Cl)c1NC(=O)N1CCN(c2ccc(NC(=O)CCCc3ccccc3)cc2)CC1. The van der Waals surface area contributed by atoms with Crippen molar-refractivity contribution in [2.75, 3.05) is 48.0 Å². The van der Waals surface area contributed by atoms with Crippen LogP contribution in [-0.4, -0.2) is 57.7 Å². The molecule has 224 valence electrons. The summed E-state index contributed by atoms with van der Waals surface area (Å²) in [5, 5.41) is 6.18. The molecule has 3 amide bonds. The van der Waals surface area contributed by atoms with Crippen LogP contribution in [0.4, 0.5) is 21.9 Å². The smallest absolute Gasteiger partial charge is 0.322 e. The van der Waals surface area contributed by atoms with Crippen LogP contribution in [0.25, 0.3) is 0 Å². The van der Waals surface area contributed by atoms with E-state index >= 15 is 0 Å². The highest BCUT2D eigenvalue weighted by molar-refractivity contribution is 7.86.